The van der Waals surface area contributed by atoms with Crippen LogP contribution >= 0.6 is 24.4 Å². The molecule has 1 aromatic carbocycles. The van der Waals surface area contributed by atoms with Crippen molar-refractivity contribution in [2.24, 2.45) is 0 Å². The molecule has 1 aromatic heterocycles. The molecule has 0 aliphatic carbocycles. The normalized spacial score (nSPS) is 10.3. The lowest BCUT2D eigenvalue weighted by Crippen LogP contribution is -2.28. The van der Waals surface area contributed by atoms with Crippen LogP contribution in [0.2, 0.25) is 0 Å². The van der Waals surface area contributed by atoms with E-state index in [2.05, 4.69) is 33.1 Å². The zero-order valence-electron chi connectivity index (χ0n) is 10.9. The number of nitrogens with zero attached hydrogens (tertiary/aromatic N) is 2. The SMILES string of the molecule is Cc1ccc(C)c(NC(=S)Nn2c(C)n[nH]c2=S)c1. The van der Waals surface area contributed by atoms with E-state index in [1.165, 1.54) is 5.56 Å². The molecule has 1 heterocycles. The van der Waals surface area contributed by atoms with E-state index in [1.54, 1.807) is 4.68 Å². The highest BCUT2D eigenvalue weighted by Crippen LogP contribution is 2.16. The third-order valence-corrected chi connectivity index (χ3v) is 3.16. The Hall–Kier alpha value is -1.73. The molecular formula is C12H15N5S2. The van der Waals surface area contributed by atoms with Crippen molar-refractivity contribution in [1.29, 1.82) is 0 Å². The first kappa shape index (κ1) is 13.7. The van der Waals surface area contributed by atoms with E-state index in [0.717, 1.165) is 17.1 Å². The van der Waals surface area contributed by atoms with Gasteiger partial charge >= 0.3 is 0 Å². The molecule has 0 bridgehead atoms. The second-order valence-corrected chi connectivity index (χ2v) is 5.09. The van der Waals surface area contributed by atoms with Crippen LogP contribution in [0.1, 0.15) is 17.0 Å². The van der Waals surface area contributed by atoms with E-state index in [1.807, 2.05) is 26.8 Å². The fraction of sp³-hybridized carbons (Fsp3) is 0.250. The van der Waals surface area contributed by atoms with Gasteiger partial charge in [-0.25, -0.2) is 4.68 Å². The maximum absolute atomic E-state index is 5.28. The van der Waals surface area contributed by atoms with Gasteiger partial charge in [-0.15, -0.1) is 0 Å². The standard InChI is InChI=1S/C12H15N5S2/c1-7-4-5-8(2)10(6-7)13-11(18)16-17-9(3)14-15-12(17)19/h4-6H,1-3H3,(H,15,19)(H2,13,16,18). The highest BCUT2D eigenvalue weighted by Gasteiger charge is 2.05. The van der Waals surface area contributed by atoms with Crippen LogP contribution in [0.4, 0.5) is 5.69 Å². The number of aromatic amines is 1. The Balaban J connectivity index is 2.14. The van der Waals surface area contributed by atoms with Crippen molar-refractivity contribution in [3.8, 4) is 0 Å². The Morgan fingerprint density at radius 2 is 2.05 bits per heavy atom. The van der Waals surface area contributed by atoms with Gasteiger partial charge in [-0.3, -0.25) is 10.5 Å². The average molecular weight is 293 g/mol. The Morgan fingerprint density at radius 1 is 1.32 bits per heavy atom. The molecule has 0 saturated carbocycles. The smallest absolute Gasteiger partial charge is 0.214 e. The number of aryl methyl sites for hydroxylation is 3. The van der Waals surface area contributed by atoms with Gasteiger partial charge in [0, 0.05) is 5.69 Å². The first-order chi connectivity index (χ1) is 8.97. The van der Waals surface area contributed by atoms with Crippen LogP contribution in [-0.4, -0.2) is 20.0 Å². The predicted molar refractivity (Wildman–Crippen MR) is 83.6 cm³/mol. The molecule has 2 rings (SSSR count). The number of thiocarbonyl (C=S) groups is 1. The second-order valence-electron chi connectivity index (χ2n) is 4.30. The maximum Gasteiger partial charge on any atom is 0.214 e. The molecule has 0 unspecified atom stereocenters. The largest absolute Gasteiger partial charge is 0.331 e. The Morgan fingerprint density at radius 3 is 2.68 bits per heavy atom. The molecule has 3 N–H and O–H groups in total. The van der Waals surface area contributed by atoms with Gasteiger partial charge in [0.05, 0.1) is 0 Å². The molecule has 100 valence electrons. The minimum absolute atomic E-state index is 0.467. The van der Waals surface area contributed by atoms with Gasteiger partial charge in [-0.05, 0) is 62.4 Å². The number of hydrogen-bond donors (Lipinski definition) is 3. The van der Waals surface area contributed by atoms with E-state index >= 15 is 0 Å². The van der Waals surface area contributed by atoms with Crippen molar-refractivity contribution >= 4 is 35.2 Å². The van der Waals surface area contributed by atoms with Gasteiger partial charge in [0.15, 0.2) is 5.11 Å². The highest BCUT2D eigenvalue weighted by atomic mass is 32.1. The van der Waals surface area contributed by atoms with Crippen molar-refractivity contribution < 1.29 is 0 Å². The maximum atomic E-state index is 5.28. The molecule has 5 nitrogen and oxygen atoms in total. The van der Waals surface area contributed by atoms with E-state index in [0.29, 0.717) is 9.88 Å². The van der Waals surface area contributed by atoms with Crippen molar-refractivity contribution in [1.82, 2.24) is 14.9 Å². The Kier molecular flexibility index (Phi) is 3.96. The molecule has 0 fully saturated rings. The lowest BCUT2D eigenvalue weighted by atomic mass is 10.1. The summed E-state index contributed by atoms with van der Waals surface area (Å²) >= 11 is 10.4. The molecular weight excluding hydrogens is 278 g/mol. The van der Waals surface area contributed by atoms with E-state index in [9.17, 15) is 0 Å². The summed E-state index contributed by atoms with van der Waals surface area (Å²) in [5, 5.41) is 10.3. The van der Waals surface area contributed by atoms with Crippen molar-refractivity contribution in [3.63, 3.8) is 0 Å². The number of hydrogen-bond acceptors (Lipinski definition) is 3. The number of benzene rings is 1. The van der Waals surface area contributed by atoms with Crippen LogP contribution in [0, 0.1) is 25.5 Å². The minimum Gasteiger partial charge on any atom is -0.331 e. The van der Waals surface area contributed by atoms with Gasteiger partial charge in [-0.2, -0.15) is 5.10 Å². The molecule has 0 radical (unpaired) electrons. The summed E-state index contributed by atoms with van der Waals surface area (Å²) in [5.41, 5.74) is 6.27. The summed E-state index contributed by atoms with van der Waals surface area (Å²) in [7, 11) is 0. The lowest BCUT2D eigenvalue weighted by Gasteiger charge is -2.13. The summed E-state index contributed by atoms with van der Waals surface area (Å²) in [6, 6.07) is 6.16. The third kappa shape index (κ3) is 3.18. The van der Waals surface area contributed by atoms with E-state index < -0.39 is 0 Å². The molecule has 0 saturated heterocycles. The number of aromatic nitrogens is 3. The first-order valence-corrected chi connectivity index (χ1v) is 6.58. The van der Waals surface area contributed by atoms with Gasteiger partial charge in [0.1, 0.15) is 5.82 Å². The molecule has 0 aliphatic rings. The number of nitrogens with one attached hydrogen (secondary N) is 3. The van der Waals surface area contributed by atoms with E-state index in [4.69, 9.17) is 24.4 Å². The van der Waals surface area contributed by atoms with Crippen LogP contribution in [0.3, 0.4) is 0 Å². The number of anilines is 1. The van der Waals surface area contributed by atoms with Gasteiger partial charge in [-0.1, -0.05) is 12.1 Å². The van der Waals surface area contributed by atoms with Crippen molar-refractivity contribution in [2.45, 2.75) is 20.8 Å². The molecule has 0 amide bonds. The molecule has 2 aromatic rings. The highest BCUT2D eigenvalue weighted by molar-refractivity contribution is 7.80. The zero-order chi connectivity index (χ0) is 14.0. The summed E-state index contributed by atoms with van der Waals surface area (Å²) < 4.78 is 2.10. The summed E-state index contributed by atoms with van der Waals surface area (Å²) in [4.78, 5) is 0. The topological polar surface area (TPSA) is 57.7 Å². The van der Waals surface area contributed by atoms with Crippen LogP contribution < -0.4 is 10.7 Å². The lowest BCUT2D eigenvalue weighted by molar-refractivity contribution is 0.900. The summed E-state index contributed by atoms with van der Waals surface area (Å²) in [6.45, 7) is 5.90. The summed E-state index contributed by atoms with van der Waals surface area (Å²) in [6.07, 6.45) is 0. The monoisotopic (exact) mass is 293 g/mol. The number of rotatable bonds is 2. The second kappa shape index (κ2) is 5.50. The van der Waals surface area contributed by atoms with Gasteiger partial charge in [0.2, 0.25) is 4.77 Å². The van der Waals surface area contributed by atoms with Gasteiger partial charge in [0.25, 0.3) is 0 Å². The average Bonchev–Trinajstić information content (AvgIpc) is 2.65. The molecule has 7 heteroatoms. The minimum atomic E-state index is 0.467. The van der Waals surface area contributed by atoms with Crippen LogP contribution in [0.25, 0.3) is 0 Å². The van der Waals surface area contributed by atoms with Crippen LogP contribution in [-0.2, 0) is 0 Å². The summed E-state index contributed by atoms with van der Waals surface area (Å²) in [5.74, 6) is 0.718. The quantitative estimate of drug-likeness (QED) is 0.743. The molecule has 0 aliphatic heterocycles. The van der Waals surface area contributed by atoms with Crippen LogP contribution in [0.5, 0.6) is 0 Å². The Labute approximate surface area is 122 Å². The Bertz CT molecular complexity index is 671. The zero-order valence-corrected chi connectivity index (χ0v) is 12.6. The number of H-pyrrole nitrogens is 1. The molecule has 0 atom stereocenters. The van der Waals surface area contributed by atoms with Crippen molar-refractivity contribution in [2.75, 3.05) is 10.7 Å². The fourth-order valence-corrected chi connectivity index (χ4v) is 2.05. The third-order valence-electron chi connectivity index (χ3n) is 2.69. The fourth-order valence-electron chi connectivity index (χ4n) is 1.63. The predicted octanol–water partition coefficient (Wildman–Crippen LogP) is 2.81. The van der Waals surface area contributed by atoms with Crippen LogP contribution in [0.15, 0.2) is 18.2 Å². The van der Waals surface area contributed by atoms with E-state index in [-0.39, 0.29) is 0 Å². The first-order valence-electron chi connectivity index (χ1n) is 5.76. The molecule has 19 heavy (non-hydrogen) atoms. The van der Waals surface area contributed by atoms with Crippen molar-refractivity contribution in [3.05, 3.63) is 39.9 Å². The molecule has 0 spiro atoms. The van der Waals surface area contributed by atoms with Gasteiger partial charge < -0.3 is 5.32 Å².